The minimum atomic E-state index is -0.539. The third kappa shape index (κ3) is 5.67. The van der Waals surface area contributed by atoms with E-state index in [9.17, 15) is 4.79 Å². The number of hydrogen-bond acceptors (Lipinski definition) is 8. The van der Waals surface area contributed by atoms with E-state index < -0.39 is 12.0 Å². The lowest BCUT2D eigenvalue weighted by Gasteiger charge is -2.28. The van der Waals surface area contributed by atoms with E-state index in [1.54, 1.807) is 23.6 Å². The first kappa shape index (κ1) is 25.6. The van der Waals surface area contributed by atoms with Gasteiger partial charge in [0.1, 0.15) is 12.6 Å². The number of allylic oxidation sites excluding steroid dienone is 1. The van der Waals surface area contributed by atoms with Gasteiger partial charge in [0.2, 0.25) is 11.1 Å². The van der Waals surface area contributed by atoms with Crippen molar-refractivity contribution in [3.05, 3.63) is 70.9 Å². The van der Waals surface area contributed by atoms with Gasteiger partial charge in [-0.1, -0.05) is 61.5 Å². The molecule has 3 aromatic rings. The molecule has 0 bridgehead atoms. The fraction of sp³-hybridized carbons (Fsp3) is 0.370. The van der Waals surface area contributed by atoms with Crippen LogP contribution in [0.3, 0.4) is 0 Å². The summed E-state index contributed by atoms with van der Waals surface area (Å²) in [6.45, 7) is 6.60. The molecule has 36 heavy (non-hydrogen) atoms. The Labute approximate surface area is 216 Å². The number of carbonyl (C=O) groups is 1. The van der Waals surface area contributed by atoms with Crippen LogP contribution in [0.5, 0.6) is 11.5 Å². The number of nitrogens with one attached hydrogen (secondary N) is 1. The third-order valence-corrected chi connectivity index (χ3v) is 6.72. The Kier molecular flexibility index (Phi) is 8.53. The van der Waals surface area contributed by atoms with E-state index in [4.69, 9.17) is 24.3 Å². The van der Waals surface area contributed by atoms with E-state index >= 15 is 0 Å². The highest BCUT2D eigenvalue weighted by Crippen LogP contribution is 2.40. The van der Waals surface area contributed by atoms with E-state index in [0.717, 1.165) is 29.7 Å². The van der Waals surface area contributed by atoms with Gasteiger partial charge in [-0.25, -0.2) is 9.48 Å². The largest absolute Gasteiger partial charge is 0.493 e. The van der Waals surface area contributed by atoms with Crippen LogP contribution in [-0.4, -0.2) is 40.2 Å². The number of rotatable bonds is 11. The van der Waals surface area contributed by atoms with Gasteiger partial charge in [0.15, 0.2) is 11.5 Å². The van der Waals surface area contributed by atoms with Crippen molar-refractivity contribution in [1.29, 1.82) is 0 Å². The van der Waals surface area contributed by atoms with E-state index in [-0.39, 0.29) is 6.61 Å². The second kappa shape index (κ2) is 12.0. The molecule has 2 heterocycles. The molecule has 4 rings (SSSR count). The Hall–Kier alpha value is -3.46. The van der Waals surface area contributed by atoms with Crippen LogP contribution in [0, 0.1) is 0 Å². The molecule has 1 aliphatic heterocycles. The van der Waals surface area contributed by atoms with Crippen molar-refractivity contribution in [3.63, 3.8) is 0 Å². The third-order valence-electron chi connectivity index (χ3n) is 5.80. The van der Waals surface area contributed by atoms with Crippen LogP contribution in [0.1, 0.15) is 50.8 Å². The monoisotopic (exact) mass is 508 g/mol. The van der Waals surface area contributed by atoms with Crippen LogP contribution in [0.2, 0.25) is 0 Å². The first-order valence-corrected chi connectivity index (χ1v) is 13.1. The number of aromatic nitrogens is 3. The summed E-state index contributed by atoms with van der Waals surface area (Å²) in [6, 6.07) is 14.8. The maximum Gasteiger partial charge on any atom is 0.338 e. The van der Waals surface area contributed by atoms with Gasteiger partial charge in [0.05, 0.1) is 19.3 Å². The molecule has 8 nitrogen and oxygen atoms in total. The number of esters is 1. The smallest absolute Gasteiger partial charge is 0.338 e. The number of thioether (sulfide) groups is 1. The zero-order valence-corrected chi connectivity index (χ0v) is 21.9. The second-order valence-corrected chi connectivity index (χ2v) is 9.40. The molecule has 0 saturated heterocycles. The van der Waals surface area contributed by atoms with Crippen LogP contribution < -0.4 is 14.8 Å². The van der Waals surface area contributed by atoms with Crippen molar-refractivity contribution in [2.24, 2.45) is 0 Å². The number of unbranched alkanes of at least 4 members (excludes halogenated alkanes) is 1. The average Bonchev–Trinajstić information content (AvgIpc) is 3.29. The molecule has 190 valence electrons. The van der Waals surface area contributed by atoms with Gasteiger partial charge in [0, 0.05) is 11.4 Å². The van der Waals surface area contributed by atoms with Crippen molar-refractivity contribution in [2.75, 3.05) is 24.8 Å². The van der Waals surface area contributed by atoms with Crippen molar-refractivity contribution in [2.45, 2.75) is 51.4 Å². The Morgan fingerprint density at radius 3 is 2.67 bits per heavy atom. The van der Waals surface area contributed by atoms with Gasteiger partial charge in [-0.2, -0.15) is 4.98 Å². The van der Waals surface area contributed by atoms with Gasteiger partial charge in [-0.15, -0.1) is 5.10 Å². The van der Waals surface area contributed by atoms with E-state index in [1.807, 2.05) is 62.4 Å². The van der Waals surface area contributed by atoms with Gasteiger partial charge in [-0.3, -0.25) is 0 Å². The number of fused-ring (bicyclic) bond motifs is 1. The maximum atomic E-state index is 13.5. The van der Waals surface area contributed by atoms with Gasteiger partial charge in [0.25, 0.3) is 0 Å². The Morgan fingerprint density at radius 2 is 1.94 bits per heavy atom. The van der Waals surface area contributed by atoms with Crippen molar-refractivity contribution >= 4 is 23.7 Å². The zero-order valence-electron chi connectivity index (χ0n) is 21.1. The van der Waals surface area contributed by atoms with Gasteiger partial charge >= 0.3 is 5.97 Å². The van der Waals surface area contributed by atoms with Crippen LogP contribution in [-0.2, 0) is 16.1 Å². The highest BCUT2D eigenvalue weighted by atomic mass is 32.2. The van der Waals surface area contributed by atoms with Crippen LogP contribution >= 0.6 is 11.8 Å². The lowest BCUT2D eigenvalue weighted by atomic mass is 9.95. The number of methoxy groups -OCH3 is 1. The zero-order chi connectivity index (χ0) is 25.5. The highest BCUT2D eigenvalue weighted by Gasteiger charge is 2.36. The summed E-state index contributed by atoms with van der Waals surface area (Å²) in [5, 5.41) is 8.70. The number of hydrogen-bond donors (Lipinski definition) is 1. The number of nitrogens with zero attached hydrogens (tertiary/aromatic N) is 3. The summed E-state index contributed by atoms with van der Waals surface area (Å²) in [6.07, 6.45) is 2.18. The molecule has 2 aromatic carbocycles. The lowest BCUT2D eigenvalue weighted by molar-refractivity contribution is -0.140. The summed E-state index contributed by atoms with van der Waals surface area (Å²) in [5.41, 5.74) is 2.89. The standard InChI is InChI=1S/C27H32N4O4S/c1-5-7-15-36-27-29-26-28-18(3)23(25(32)35-17-19-11-9-8-10-12-19)24(31(26)30-27)20-13-14-21(33-4)22(16-20)34-6-2/h8-14,16,24H,5-7,15,17H2,1-4H3,(H,28,29,30). The highest BCUT2D eigenvalue weighted by molar-refractivity contribution is 7.99. The van der Waals surface area contributed by atoms with Crippen LogP contribution in [0.4, 0.5) is 5.95 Å². The summed E-state index contributed by atoms with van der Waals surface area (Å²) in [5.74, 6) is 2.33. The summed E-state index contributed by atoms with van der Waals surface area (Å²) < 4.78 is 18.8. The first-order valence-electron chi connectivity index (χ1n) is 12.1. The van der Waals surface area contributed by atoms with E-state index in [0.29, 0.717) is 40.5 Å². The SMILES string of the molecule is CCCCSc1nc2n(n1)C(c1ccc(OC)c(OCC)c1)C(C(=O)OCc1ccccc1)=C(C)N2. The predicted octanol–water partition coefficient (Wildman–Crippen LogP) is 5.61. The van der Waals surface area contributed by atoms with E-state index in [2.05, 4.69) is 12.2 Å². The molecule has 0 spiro atoms. The minimum Gasteiger partial charge on any atom is -0.493 e. The molecule has 0 aliphatic carbocycles. The minimum absolute atomic E-state index is 0.179. The van der Waals surface area contributed by atoms with Crippen LogP contribution in [0.25, 0.3) is 0 Å². The quantitative estimate of drug-likeness (QED) is 0.203. The summed E-state index contributed by atoms with van der Waals surface area (Å²) >= 11 is 1.61. The first-order chi connectivity index (χ1) is 17.5. The van der Waals surface area contributed by atoms with Gasteiger partial charge < -0.3 is 19.5 Å². The van der Waals surface area contributed by atoms with Crippen molar-refractivity contribution in [1.82, 2.24) is 14.8 Å². The van der Waals surface area contributed by atoms with Gasteiger partial charge in [-0.05, 0) is 43.5 Å². The fourth-order valence-corrected chi connectivity index (χ4v) is 4.92. The number of benzene rings is 2. The molecule has 1 unspecified atom stereocenters. The number of anilines is 1. The average molecular weight is 509 g/mol. The van der Waals surface area contributed by atoms with E-state index in [1.165, 1.54) is 0 Å². The topological polar surface area (TPSA) is 87.5 Å². The summed E-state index contributed by atoms with van der Waals surface area (Å²) in [7, 11) is 1.60. The van der Waals surface area contributed by atoms with Crippen LogP contribution in [0.15, 0.2) is 65.0 Å². The number of ether oxygens (including phenoxy) is 3. The second-order valence-electron chi connectivity index (χ2n) is 8.34. The molecule has 0 amide bonds. The Morgan fingerprint density at radius 1 is 1.14 bits per heavy atom. The molecule has 1 aliphatic rings. The molecule has 1 aromatic heterocycles. The predicted molar refractivity (Wildman–Crippen MR) is 141 cm³/mol. The van der Waals surface area contributed by atoms with Crippen molar-refractivity contribution < 1.29 is 19.0 Å². The molecular weight excluding hydrogens is 476 g/mol. The molecule has 1 atom stereocenters. The lowest BCUT2D eigenvalue weighted by Crippen LogP contribution is -2.29. The molecule has 0 fully saturated rings. The normalized spacial score (nSPS) is 14.7. The number of carbonyl (C=O) groups excluding carboxylic acids is 1. The Bertz CT molecular complexity index is 1230. The molecule has 0 radical (unpaired) electrons. The maximum absolute atomic E-state index is 13.5. The summed E-state index contributed by atoms with van der Waals surface area (Å²) in [4.78, 5) is 18.2. The molecule has 9 heteroatoms. The molecular formula is C27H32N4O4S. The molecule has 0 saturated carbocycles. The fourth-order valence-electron chi connectivity index (χ4n) is 4.01. The Balaban J connectivity index is 1.72. The molecule has 1 N–H and O–H groups in total. The van der Waals surface area contributed by atoms with Crippen molar-refractivity contribution in [3.8, 4) is 11.5 Å².